The minimum absolute atomic E-state index is 0.116. The predicted molar refractivity (Wildman–Crippen MR) is 54.7 cm³/mol. The van der Waals surface area contributed by atoms with Crippen LogP contribution in [0.3, 0.4) is 0 Å². The van der Waals surface area contributed by atoms with Gasteiger partial charge < -0.3 is 5.73 Å². The van der Waals surface area contributed by atoms with E-state index in [1.807, 2.05) is 0 Å². The van der Waals surface area contributed by atoms with Gasteiger partial charge in [0.05, 0.1) is 11.3 Å². The summed E-state index contributed by atoms with van der Waals surface area (Å²) < 4.78 is 13.0. The number of hydrogen-bond acceptors (Lipinski definition) is 2. The van der Waals surface area contributed by atoms with Gasteiger partial charge in [0.1, 0.15) is 5.82 Å². The summed E-state index contributed by atoms with van der Waals surface area (Å²) in [6, 6.07) is 5.98. The largest absolute Gasteiger partial charge is 0.326 e. The van der Waals surface area contributed by atoms with Crippen molar-refractivity contribution in [3.05, 3.63) is 46.0 Å². The lowest BCUT2D eigenvalue weighted by Gasteiger charge is -2.00. The van der Waals surface area contributed by atoms with E-state index < -0.39 is 0 Å². The van der Waals surface area contributed by atoms with Gasteiger partial charge in [-0.05, 0) is 12.1 Å². The van der Waals surface area contributed by atoms with Gasteiger partial charge in [-0.2, -0.15) is 0 Å². The zero-order chi connectivity index (χ0) is 10.8. The minimum atomic E-state index is -0.350. The smallest absolute Gasteiger partial charge is 0.269 e. The Kier molecular flexibility index (Phi) is 2.39. The number of H-pyrrole nitrogens is 2. The normalized spacial score (nSPS) is 10.5. The van der Waals surface area contributed by atoms with Crippen LogP contribution in [0.4, 0.5) is 4.39 Å². The van der Waals surface area contributed by atoms with Crippen LogP contribution in [0.5, 0.6) is 0 Å². The highest BCUT2D eigenvalue weighted by atomic mass is 19.1. The van der Waals surface area contributed by atoms with Crippen LogP contribution in [-0.2, 0) is 6.54 Å². The van der Waals surface area contributed by atoms with E-state index in [1.54, 1.807) is 12.1 Å². The fourth-order valence-corrected chi connectivity index (χ4v) is 1.47. The van der Waals surface area contributed by atoms with E-state index in [1.165, 1.54) is 12.1 Å². The monoisotopic (exact) mass is 207 g/mol. The molecule has 1 heterocycles. The molecule has 0 unspecified atom stereocenters. The van der Waals surface area contributed by atoms with Crippen molar-refractivity contribution in [3.63, 3.8) is 0 Å². The van der Waals surface area contributed by atoms with Crippen molar-refractivity contribution in [2.75, 3.05) is 0 Å². The molecule has 15 heavy (non-hydrogen) atoms. The molecule has 0 aliphatic carbocycles. The zero-order valence-corrected chi connectivity index (χ0v) is 7.88. The van der Waals surface area contributed by atoms with Gasteiger partial charge >= 0.3 is 0 Å². The molecule has 0 bridgehead atoms. The van der Waals surface area contributed by atoms with E-state index in [0.717, 1.165) is 0 Å². The van der Waals surface area contributed by atoms with Crippen molar-refractivity contribution >= 4 is 0 Å². The molecule has 0 aliphatic rings. The quantitative estimate of drug-likeness (QED) is 0.686. The molecule has 4 N–H and O–H groups in total. The van der Waals surface area contributed by atoms with Crippen molar-refractivity contribution in [1.29, 1.82) is 0 Å². The fraction of sp³-hybridized carbons (Fsp3) is 0.100. The molecule has 0 saturated heterocycles. The third kappa shape index (κ3) is 1.69. The van der Waals surface area contributed by atoms with Gasteiger partial charge in [0.25, 0.3) is 5.56 Å². The molecular weight excluding hydrogens is 197 g/mol. The highest BCUT2D eigenvalue weighted by Crippen LogP contribution is 2.19. The molecule has 0 amide bonds. The van der Waals surface area contributed by atoms with Gasteiger partial charge in [0.2, 0.25) is 0 Å². The molecule has 0 radical (unpaired) electrons. The number of aromatic amines is 2. The molecule has 1 aromatic carbocycles. The van der Waals surface area contributed by atoms with Crippen LogP contribution < -0.4 is 11.3 Å². The Morgan fingerprint density at radius 3 is 2.80 bits per heavy atom. The number of halogens is 1. The molecule has 4 nitrogen and oxygen atoms in total. The number of nitrogens with one attached hydrogen (secondary N) is 2. The van der Waals surface area contributed by atoms with Crippen LogP contribution in [0.15, 0.2) is 29.1 Å². The molecule has 0 spiro atoms. The molecule has 78 valence electrons. The molecular formula is C10H10FN3O. The number of rotatable bonds is 2. The first-order valence-electron chi connectivity index (χ1n) is 4.48. The fourth-order valence-electron chi connectivity index (χ4n) is 1.47. The summed E-state index contributed by atoms with van der Waals surface area (Å²) in [6.45, 7) is 0.116. The summed E-state index contributed by atoms with van der Waals surface area (Å²) in [4.78, 5) is 11.3. The van der Waals surface area contributed by atoms with E-state index >= 15 is 0 Å². The number of hydrogen-bond donors (Lipinski definition) is 3. The van der Waals surface area contributed by atoms with Crippen LogP contribution in [0.1, 0.15) is 5.56 Å². The van der Waals surface area contributed by atoms with Gasteiger partial charge in [-0.3, -0.25) is 15.0 Å². The first kappa shape index (κ1) is 9.67. The second-order valence-electron chi connectivity index (χ2n) is 3.15. The topological polar surface area (TPSA) is 74.7 Å². The molecule has 0 saturated carbocycles. The molecule has 0 fully saturated rings. The summed E-state index contributed by atoms with van der Waals surface area (Å²) >= 11 is 0. The van der Waals surface area contributed by atoms with E-state index in [-0.39, 0.29) is 17.9 Å². The summed E-state index contributed by atoms with van der Waals surface area (Å²) in [5, 5.41) is 5.11. The maximum atomic E-state index is 13.0. The Balaban J connectivity index is 2.59. The number of nitrogens with two attached hydrogens (primary N) is 1. The van der Waals surface area contributed by atoms with Gasteiger partial charge in [-0.1, -0.05) is 12.1 Å². The van der Waals surface area contributed by atoms with Crippen molar-refractivity contribution in [3.8, 4) is 11.3 Å². The molecule has 1 aromatic heterocycles. The first-order valence-corrected chi connectivity index (χ1v) is 4.48. The van der Waals surface area contributed by atoms with E-state index in [2.05, 4.69) is 10.2 Å². The Labute approximate surface area is 84.9 Å². The van der Waals surface area contributed by atoms with Crippen LogP contribution in [0.25, 0.3) is 11.3 Å². The molecule has 2 rings (SSSR count). The Morgan fingerprint density at radius 2 is 2.13 bits per heavy atom. The number of aromatic nitrogens is 2. The average Bonchev–Trinajstić information content (AvgIpc) is 2.59. The maximum absolute atomic E-state index is 13.0. The SMILES string of the molecule is NCc1c(-c2cccc(F)c2)[nH][nH]c1=O. The van der Waals surface area contributed by atoms with Crippen molar-refractivity contribution in [2.24, 2.45) is 5.73 Å². The summed E-state index contributed by atoms with van der Waals surface area (Å²) in [7, 11) is 0. The van der Waals surface area contributed by atoms with Crippen LogP contribution >= 0.6 is 0 Å². The second-order valence-corrected chi connectivity index (χ2v) is 3.15. The van der Waals surface area contributed by atoms with Crippen LogP contribution in [0, 0.1) is 5.82 Å². The third-order valence-corrected chi connectivity index (χ3v) is 2.19. The number of benzene rings is 1. The van der Waals surface area contributed by atoms with Crippen LogP contribution in [0.2, 0.25) is 0 Å². The zero-order valence-electron chi connectivity index (χ0n) is 7.88. The van der Waals surface area contributed by atoms with Crippen molar-refractivity contribution in [2.45, 2.75) is 6.54 Å². The standard InChI is InChI=1S/C10H10FN3O/c11-7-3-1-2-6(4-7)9-8(5-12)10(15)14-13-9/h1-4H,5,12H2,(H2,13,14,15). The van der Waals surface area contributed by atoms with Gasteiger partial charge in [-0.25, -0.2) is 4.39 Å². The Bertz CT molecular complexity index is 529. The summed E-state index contributed by atoms with van der Waals surface area (Å²) in [5.74, 6) is -0.350. The molecule has 0 aliphatic heterocycles. The lowest BCUT2D eigenvalue weighted by Crippen LogP contribution is -2.10. The lowest BCUT2D eigenvalue weighted by molar-refractivity contribution is 0.628. The highest BCUT2D eigenvalue weighted by Gasteiger charge is 2.10. The lowest BCUT2D eigenvalue weighted by atomic mass is 10.1. The van der Waals surface area contributed by atoms with Gasteiger partial charge in [0.15, 0.2) is 0 Å². The Morgan fingerprint density at radius 1 is 1.33 bits per heavy atom. The molecule has 5 heteroatoms. The van der Waals surface area contributed by atoms with Crippen molar-refractivity contribution < 1.29 is 4.39 Å². The third-order valence-electron chi connectivity index (χ3n) is 2.19. The Hall–Kier alpha value is -1.88. The first-order chi connectivity index (χ1) is 7.22. The van der Waals surface area contributed by atoms with Crippen molar-refractivity contribution in [1.82, 2.24) is 10.2 Å². The summed E-state index contributed by atoms with van der Waals surface area (Å²) in [5.41, 5.74) is 6.75. The second kappa shape index (κ2) is 3.70. The molecule has 2 aromatic rings. The van der Waals surface area contributed by atoms with Gasteiger partial charge in [0, 0.05) is 12.1 Å². The average molecular weight is 207 g/mol. The maximum Gasteiger partial charge on any atom is 0.269 e. The molecule has 0 atom stereocenters. The van der Waals surface area contributed by atoms with Crippen LogP contribution in [-0.4, -0.2) is 10.2 Å². The minimum Gasteiger partial charge on any atom is -0.326 e. The van der Waals surface area contributed by atoms with E-state index in [0.29, 0.717) is 16.8 Å². The summed E-state index contributed by atoms with van der Waals surface area (Å²) in [6.07, 6.45) is 0. The predicted octanol–water partition coefficient (Wildman–Crippen LogP) is 0.968. The van der Waals surface area contributed by atoms with E-state index in [9.17, 15) is 9.18 Å². The highest BCUT2D eigenvalue weighted by molar-refractivity contribution is 5.62. The van der Waals surface area contributed by atoms with E-state index in [4.69, 9.17) is 5.73 Å². The van der Waals surface area contributed by atoms with Gasteiger partial charge in [-0.15, -0.1) is 0 Å².